The van der Waals surface area contributed by atoms with E-state index in [4.69, 9.17) is 21.4 Å². The van der Waals surface area contributed by atoms with Gasteiger partial charge in [-0.3, -0.25) is 19.8 Å². The van der Waals surface area contributed by atoms with Crippen LogP contribution in [-0.4, -0.2) is 36.8 Å². The molecule has 200 valence electrons. The summed E-state index contributed by atoms with van der Waals surface area (Å²) in [6.07, 6.45) is 2.73. The van der Waals surface area contributed by atoms with E-state index >= 15 is 0 Å². The second-order valence-electron chi connectivity index (χ2n) is 8.76. The van der Waals surface area contributed by atoms with Gasteiger partial charge in [0.2, 0.25) is 10.0 Å². The van der Waals surface area contributed by atoms with Crippen molar-refractivity contribution < 1.29 is 22.5 Å². The number of sulfonamides is 1. The molecule has 11 nitrogen and oxygen atoms in total. The first kappa shape index (κ1) is 26.1. The van der Waals surface area contributed by atoms with E-state index in [1.165, 1.54) is 19.2 Å². The summed E-state index contributed by atoms with van der Waals surface area (Å²) in [7, 11) is -2.15. The topological polar surface area (TPSA) is 140 Å². The fourth-order valence-electron chi connectivity index (χ4n) is 4.49. The normalized spacial score (nSPS) is 17.1. The molecule has 0 spiro atoms. The number of methoxy groups -OCH3 is 1. The monoisotopic (exact) mass is 565 g/mol. The molecule has 1 saturated heterocycles. The van der Waals surface area contributed by atoms with Crippen LogP contribution in [0, 0.1) is 10.1 Å². The number of nitro benzene ring substituents is 1. The van der Waals surface area contributed by atoms with Crippen molar-refractivity contribution in [3.63, 3.8) is 0 Å². The van der Waals surface area contributed by atoms with Gasteiger partial charge in [-0.05, 0) is 54.7 Å². The number of hydrogen-bond acceptors (Lipinski definition) is 8. The fourth-order valence-corrected chi connectivity index (χ4v) is 5.39. The van der Waals surface area contributed by atoms with Crippen LogP contribution in [-0.2, 0) is 10.0 Å². The maximum absolute atomic E-state index is 12.0. The molecule has 0 amide bonds. The Morgan fingerprint density at radius 1 is 1.13 bits per heavy atom. The molecule has 2 aromatic carbocycles. The maximum atomic E-state index is 12.0. The van der Waals surface area contributed by atoms with E-state index in [2.05, 4.69) is 15.0 Å². The summed E-state index contributed by atoms with van der Waals surface area (Å²) in [5, 5.41) is 15.0. The number of aromatic nitrogens is 1. The molecule has 4 aromatic rings. The van der Waals surface area contributed by atoms with Gasteiger partial charge in [0.25, 0.3) is 5.69 Å². The number of anilines is 2. The molecule has 2 atom stereocenters. The zero-order chi connectivity index (χ0) is 27.7. The fraction of sp³-hybridized carbons (Fsp3) is 0.154. The average molecular weight is 566 g/mol. The first-order chi connectivity index (χ1) is 18.6. The lowest BCUT2D eigenvalue weighted by atomic mass is 10.0. The number of pyridine rings is 1. The van der Waals surface area contributed by atoms with Crippen molar-refractivity contribution in [2.45, 2.75) is 12.1 Å². The predicted octanol–water partition coefficient (Wildman–Crippen LogP) is 4.81. The first-order valence-corrected chi connectivity index (χ1v) is 14.0. The minimum absolute atomic E-state index is 0.0497. The van der Waals surface area contributed by atoms with E-state index in [0.29, 0.717) is 39.3 Å². The number of nitrogens with one attached hydrogen (secondary N) is 2. The average Bonchev–Trinajstić information content (AvgIpc) is 3.53. The van der Waals surface area contributed by atoms with Gasteiger partial charge in [-0.25, -0.2) is 8.42 Å². The molecule has 0 unspecified atom stereocenters. The summed E-state index contributed by atoms with van der Waals surface area (Å²) < 4.78 is 38.1. The van der Waals surface area contributed by atoms with Crippen molar-refractivity contribution in [3.05, 3.63) is 101 Å². The van der Waals surface area contributed by atoms with Crippen LogP contribution in [0.3, 0.4) is 0 Å². The predicted molar refractivity (Wildman–Crippen MR) is 150 cm³/mol. The molecule has 13 heteroatoms. The van der Waals surface area contributed by atoms with Gasteiger partial charge in [0, 0.05) is 29.6 Å². The van der Waals surface area contributed by atoms with Crippen LogP contribution >= 0.6 is 12.2 Å². The van der Waals surface area contributed by atoms with Crippen molar-refractivity contribution in [1.82, 2.24) is 10.3 Å². The van der Waals surface area contributed by atoms with E-state index in [-0.39, 0.29) is 11.4 Å². The Bertz CT molecular complexity index is 1660. The van der Waals surface area contributed by atoms with Crippen LogP contribution in [0.4, 0.5) is 17.1 Å². The maximum Gasteiger partial charge on any atom is 0.270 e. The summed E-state index contributed by atoms with van der Waals surface area (Å²) in [6.45, 7) is 0. The lowest BCUT2D eigenvalue weighted by molar-refractivity contribution is -0.384. The lowest BCUT2D eigenvalue weighted by Gasteiger charge is -2.27. The number of nitrogens with zero attached hydrogens (tertiary/aromatic N) is 3. The van der Waals surface area contributed by atoms with Gasteiger partial charge >= 0.3 is 0 Å². The van der Waals surface area contributed by atoms with Crippen LogP contribution < -0.4 is 19.7 Å². The summed E-state index contributed by atoms with van der Waals surface area (Å²) in [5.41, 5.74) is 2.04. The third-order valence-corrected chi connectivity index (χ3v) is 7.02. The zero-order valence-corrected chi connectivity index (χ0v) is 22.4. The van der Waals surface area contributed by atoms with E-state index < -0.39 is 27.0 Å². The number of non-ortho nitro benzene ring substituents is 1. The highest BCUT2D eigenvalue weighted by atomic mass is 32.2. The largest absolute Gasteiger partial charge is 0.495 e. The van der Waals surface area contributed by atoms with Crippen LogP contribution in [0.1, 0.15) is 23.5 Å². The number of hydrogen-bond donors (Lipinski definition) is 2. The smallest absolute Gasteiger partial charge is 0.270 e. The van der Waals surface area contributed by atoms with E-state index in [0.717, 1.165) is 6.26 Å². The minimum Gasteiger partial charge on any atom is -0.495 e. The second kappa shape index (κ2) is 10.3. The quantitative estimate of drug-likeness (QED) is 0.174. The molecule has 0 bridgehead atoms. The number of thiocarbonyl (C=S) groups is 1. The van der Waals surface area contributed by atoms with Crippen LogP contribution in [0.2, 0.25) is 0 Å². The number of ether oxygens (including phenoxy) is 1. The standard InChI is InChI=1S/C26H23N5O6S2/c1-36-22-10-9-17(15-20(22)29-39(2,34)35)30-25(24(28-26(30)38)19-8-3-4-13-27-19)23-12-11-21(37-23)16-6-5-7-18(14-16)31(32)33/h3-15,24-25,29H,1-2H3,(H,28,38)/t24-,25+/m0/s1. The van der Waals surface area contributed by atoms with Gasteiger partial charge < -0.3 is 19.4 Å². The Morgan fingerprint density at radius 2 is 1.95 bits per heavy atom. The molecular formula is C26H23N5O6S2. The highest BCUT2D eigenvalue weighted by molar-refractivity contribution is 7.92. The van der Waals surface area contributed by atoms with Gasteiger partial charge in [0.05, 0.1) is 35.7 Å². The van der Waals surface area contributed by atoms with Crippen molar-refractivity contribution in [2.75, 3.05) is 23.0 Å². The molecule has 1 fully saturated rings. The molecule has 0 aliphatic carbocycles. The van der Waals surface area contributed by atoms with Crippen molar-refractivity contribution >= 4 is 44.4 Å². The van der Waals surface area contributed by atoms with E-state index in [1.807, 2.05) is 23.1 Å². The van der Waals surface area contributed by atoms with Gasteiger partial charge in [-0.15, -0.1) is 0 Å². The van der Waals surface area contributed by atoms with Crippen molar-refractivity contribution in [3.8, 4) is 17.1 Å². The third kappa shape index (κ3) is 5.40. The second-order valence-corrected chi connectivity index (χ2v) is 10.9. The first-order valence-electron chi connectivity index (χ1n) is 11.7. The summed E-state index contributed by atoms with van der Waals surface area (Å²) in [6, 6.07) is 19.4. The van der Waals surface area contributed by atoms with Crippen molar-refractivity contribution in [1.29, 1.82) is 0 Å². The number of furan rings is 1. The van der Waals surface area contributed by atoms with Gasteiger partial charge in [0.1, 0.15) is 23.3 Å². The molecule has 3 heterocycles. The number of rotatable bonds is 8. The molecule has 2 N–H and O–H groups in total. The van der Waals surface area contributed by atoms with Gasteiger partial charge in [-0.1, -0.05) is 18.2 Å². The van der Waals surface area contributed by atoms with Crippen molar-refractivity contribution in [2.24, 2.45) is 0 Å². The zero-order valence-electron chi connectivity index (χ0n) is 20.8. The number of nitro groups is 1. The van der Waals surface area contributed by atoms with Crippen LogP contribution in [0.15, 0.2) is 83.4 Å². The van der Waals surface area contributed by atoms with Gasteiger partial charge in [-0.2, -0.15) is 0 Å². The Hall–Kier alpha value is -4.49. The molecular weight excluding hydrogens is 542 g/mol. The Morgan fingerprint density at radius 3 is 2.64 bits per heavy atom. The highest BCUT2D eigenvalue weighted by Crippen LogP contribution is 2.44. The lowest BCUT2D eigenvalue weighted by Crippen LogP contribution is -2.29. The molecule has 1 aliphatic rings. The Kier molecular flexibility index (Phi) is 6.93. The van der Waals surface area contributed by atoms with Crippen LogP contribution in [0.5, 0.6) is 5.75 Å². The Balaban J connectivity index is 1.61. The van der Waals surface area contributed by atoms with Gasteiger partial charge in [0.15, 0.2) is 5.11 Å². The molecule has 2 aromatic heterocycles. The molecule has 5 rings (SSSR count). The summed E-state index contributed by atoms with van der Waals surface area (Å²) in [5.74, 6) is 1.30. The molecule has 1 aliphatic heterocycles. The summed E-state index contributed by atoms with van der Waals surface area (Å²) in [4.78, 5) is 17.1. The van der Waals surface area contributed by atoms with E-state index in [1.54, 1.807) is 48.7 Å². The molecule has 39 heavy (non-hydrogen) atoms. The highest BCUT2D eigenvalue weighted by Gasteiger charge is 2.43. The third-order valence-electron chi connectivity index (χ3n) is 6.11. The minimum atomic E-state index is -3.59. The summed E-state index contributed by atoms with van der Waals surface area (Å²) >= 11 is 5.74. The van der Waals surface area contributed by atoms with E-state index in [9.17, 15) is 18.5 Å². The van der Waals surface area contributed by atoms with Crippen LogP contribution in [0.25, 0.3) is 11.3 Å². The number of benzene rings is 2. The Labute approximate surface area is 229 Å². The molecule has 0 radical (unpaired) electrons. The SMILES string of the molecule is COc1ccc(N2C(=S)N[C@@H](c3ccccn3)[C@H]2c2ccc(-c3cccc([N+](=O)[O-])c3)o2)cc1NS(C)(=O)=O. The molecule has 0 saturated carbocycles.